The topological polar surface area (TPSA) is 52.6 Å². The van der Waals surface area contributed by atoms with Gasteiger partial charge < -0.3 is 9.47 Å². The molecule has 0 atom stereocenters. The maximum absolute atomic E-state index is 12.9. The summed E-state index contributed by atoms with van der Waals surface area (Å²) < 4.78 is 11.2. The van der Waals surface area contributed by atoms with Crippen LogP contribution in [-0.4, -0.2) is 11.9 Å². The number of rotatable bonds is 4. The molecule has 0 aliphatic rings. The Morgan fingerprint density at radius 3 is 1.34 bits per heavy atom. The maximum Gasteiger partial charge on any atom is 0.344 e. The fourth-order valence-electron chi connectivity index (χ4n) is 3.46. The molecule has 0 aliphatic heterocycles. The Balaban J connectivity index is 1.98. The molecule has 0 spiro atoms. The minimum Gasteiger partial charge on any atom is -0.423 e. The number of carbonyl (C=O) groups excluding carboxylic acids is 2. The lowest BCUT2D eigenvalue weighted by molar-refractivity contribution is 0.0731. The van der Waals surface area contributed by atoms with Crippen molar-refractivity contribution in [1.29, 1.82) is 0 Å². The predicted molar refractivity (Wildman–Crippen MR) is 113 cm³/mol. The zero-order valence-corrected chi connectivity index (χ0v) is 17.3. The third-order valence-electron chi connectivity index (χ3n) is 4.97. The molecule has 0 radical (unpaired) electrons. The van der Waals surface area contributed by atoms with Gasteiger partial charge in [0.15, 0.2) is 0 Å². The predicted octanol–water partition coefficient (Wildman–Crippen LogP) is 5.67. The average Bonchev–Trinajstić information content (AvgIpc) is 2.65. The van der Waals surface area contributed by atoms with Crippen molar-refractivity contribution in [3.8, 4) is 11.5 Å². The van der Waals surface area contributed by atoms with Crippen LogP contribution in [0.25, 0.3) is 0 Å². The second-order valence-corrected chi connectivity index (χ2v) is 7.20. The van der Waals surface area contributed by atoms with E-state index in [0.29, 0.717) is 28.2 Å². The van der Waals surface area contributed by atoms with Crippen LogP contribution in [0.4, 0.5) is 0 Å². The highest BCUT2D eigenvalue weighted by Crippen LogP contribution is 2.27. The number of hydrogen-bond donors (Lipinski definition) is 0. The van der Waals surface area contributed by atoms with Crippen molar-refractivity contribution < 1.29 is 19.1 Å². The number of ether oxygens (including phenoxy) is 2. The summed E-state index contributed by atoms with van der Waals surface area (Å²) in [7, 11) is 0. The van der Waals surface area contributed by atoms with Crippen molar-refractivity contribution in [2.75, 3.05) is 0 Å². The van der Waals surface area contributed by atoms with Gasteiger partial charge in [0.05, 0.1) is 11.1 Å². The van der Waals surface area contributed by atoms with Gasteiger partial charge in [-0.15, -0.1) is 0 Å². The quantitative estimate of drug-likeness (QED) is 0.427. The van der Waals surface area contributed by atoms with Crippen molar-refractivity contribution in [2.45, 2.75) is 34.6 Å². The first kappa shape index (κ1) is 20.3. The largest absolute Gasteiger partial charge is 0.423 e. The Labute approximate surface area is 171 Å². The van der Waals surface area contributed by atoms with E-state index < -0.39 is 11.9 Å². The van der Waals surface area contributed by atoms with E-state index in [-0.39, 0.29) is 0 Å². The normalized spacial score (nSPS) is 10.5. The second kappa shape index (κ2) is 8.31. The lowest BCUT2D eigenvalue weighted by atomic mass is 9.93. The maximum atomic E-state index is 12.9. The molecule has 0 bridgehead atoms. The summed E-state index contributed by atoms with van der Waals surface area (Å²) in [5.74, 6) is 0.0281. The van der Waals surface area contributed by atoms with Crippen LogP contribution in [0.3, 0.4) is 0 Å². The number of esters is 2. The molecule has 0 N–H and O–H groups in total. The molecule has 3 rings (SSSR count). The van der Waals surface area contributed by atoms with Crippen LogP contribution in [0.2, 0.25) is 0 Å². The van der Waals surface area contributed by atoms with E-state index >= 15 is 0 Å². The van der Waals surface area contributed by atoms with Gasteiger partial charge in [-0.25, -0.2) is 9.59 Å². The molecule has 0 aliphatic carbocycles. The van der Waals surface area contributed by atoms with E-state index in [1.165, 1.54) is 0 Å². The molecular weight excluding hydrogens is 364 g/mol. The molecule has 29 heavy (non-hydrogen) atoms. The zero-order chi connectivity index (χ0) is 21.1. The molecular formula is C25H24O4. The third kappa shape index (κ3) is 4.21. The van der Waals surface area contributed by atoms with Crippen molar-refractivity contribution >= 4 is 11.9 Å². The summed E-state index contributed by atoms with van der Waals surface area (Å²) in [5, 5.41) is 0. The van der Waals surface area contributed by atoms with Crippen molar-refractivity contribution in [3.63, 3.8) is 0 Å². The van der Waals surface area contributed by atoms with E-state index in [0.717, 1.165) is 22.3 Å². The number of aryl methyl sites for hydroxylation is 4. The van der Waals surface area contributed by atoms with E-state index in [9.17, 15) is 9.59 Å². The molecule has 0 aromatic heterocycles. The van der Waals surface area contributed by atoms with Gasteiger partial charge in [0.2, 0.25) is 0 Å². The minimum atomic E-state index is -0.487. The highest BCUT2D eigenvalue weighted by Gasteiger charge is 2.24. The van der Waals surface area contributed by atoms with Gasteiger partial charge in [0.1, 0.15) is 11.5 Å². The fourth-order valence-corrected chi connectivity index (χ4v) is 3.46. The van der Waals surface area contributed by atoms with Crippen molar-refractivity contribution in [1.82, 2.24) is 0 Å². The molecule has 4 heteroatoms. The minimum absolute atomic E-state index is 0.385. The number of para-hydroxylation sites is 2. The molecule has 3 aromatic rings. The van der Waals surface area contributed by atoms with Crippen LogP contribution in [0, 0.1) is 34.6 Å². The Morgan fingerprint density at radius 2 is 0.966 bits per heavy atom. The molecule has 0 heterocycles. The Kier molecular flexibility index (Phi) is 5.83. The summed E-state index contributed by atoms with van der Waals surface area (Å²) in [6.45, 7) is 9.18. The lowest BCUT2D eigenvalue weighted by Crippen LogP contribution is -2.19. The standard InChI is InChI=1S/C25H24O4/c1-15-10-6-8-12-20(15)28-24(26)22-17(3)14-18(4)23(19(22)5)25(27)29-21-13-9-7-11-16(21)2/h6-14H,1-5H3. The first-order chi connectivity index (χ1) is 13.8. The summed E-state index contributed by atoms with van der Waals surface area (Å²) in [6.07, 6.45) is 0. The molecule has 0 fully saturated rings. The molecule has 0 unspecified atom stereocenters. The summed E-state index contributed by atoms with van der Waals surface area (Å²) >= 11 is 0. The van der Waals surface area contributed by atoms with Gasteiger partial charge in [0, 0.05) is 0 Å². The Bertz CT molecular complexity index is 1010. The Morgan fingerprint density at radius 1 is 0.586 bits per heavy atom. The van der Waals surface area contributed by atoms with Crippen molar-refractivity contribution in [3.05, 3.63) is 93.5 Å². The third-order valence-corrected chi connectivity index (χ3v) is 4.97. The van der Waals surface area contributed by atoms with Gasteiger partial charge in [0.25, 0.3) is 0 Å². The van der Waals surface area contributed by atoms with Gasteiger partial charge in [-0.05, 0) is 74.6 Å². The smallest absolute Gasteiger partial charge is 0.344 e. The zero-order valence-electron chi connectivity index (χ0n) is 17.3. The molecule has 0 saturated heterocycles. The molecule has 3 aromatic carbocycles. The highest BCUT2D eigenvalue weighted by atomic mass is 16.5. The van der Waals surface area contributed by atoms with E-state index in [2.05, 4.69) is 0 Å². The van der Waals surface area contributed by atoms with Gasteiger partial charge in [-0.2, -0.15) is 0 Å². The number of hydrogen-bond acceptors (Lipinski definition) is 4. The molecule has 148 valence electrons. The van der Waals surface area contributed by atoms with Crippen LogP contribution in [0.5, 0.6) is 11.5 Å². The monoisotopic (exact) mass is 388 g/mol. The van der Waals surface area contributed by atoms with Crippen molar-refractivity contribution in [2.24, 2.45) is 0 Å². The van der Waals surface area contributed by atoms with Gasteiger partial charge in [-0.3, -0.25) is 0 Å². The molecule has 4 nitrogen and oxygen atoms in total. The number of carbonyl (C=O) groups is 2. The van der Waals surface area contributed by atoms with Crippen LogP contribution in [0.1, 0.15) is 48.5 Å². The summed E-state index contributed by atoms with van der Waals surface area (Å²) in [4.78, 5) is 25.9. The van der Waals surface area contributed by atoms with E-state index in [1.54, 1.807) is 19.1 Å². The second-order valence-electron chi connectivity index (χ2n) is 7.20. The van der Waals surface area contributed by atoms with Crippen LogP contribution in [-0.2, 0) is 0 Å². The van der Waals surface area contributed by atoms with E-state index in [4.69, 9.17) is 9.47 Å². The summed E-state index contributed by atoms with van der Waals surface area (Å²) in [5.41, 5.74) is 4.56. The highest BCUT2D eigenvalue weighted by molar-refractivity contribution is 6.01. The summed E-state index contributed by atoms with van der Waals surface area (Å²) in [6, 6.07) is 16.5. The first-order valence-corrected chi connectivity index (χ1v) is 9.46. The lowest BCUT2D eigenvalue weighted by Gasteiger charge is -2.17. The van der Waals surface area contributed by atoms with Crippen LogP contribution in [0.15, 0.2) is 54.6 Å². The van der Waals surface area contributed by atoms with Crippen LogP contribution >= 0.6 is 0 Å². The fraction of sp³-hybridized carbons (Fsp3) is 0.200. The van der Waals surface area contributed by atoms with E-state index in [1.807, 2.05) is 70.2 Å². The number of benzene rings is 3. The SMILES string of the molecule is Cc1ccccc1OC(=O)c1c(C)cc(C)c(C(=O)Oc2ccccc2C)c1C. The van der Waals surface area contributed by atoms with Crippen LogP contribution < -0.4 is 9.47 Å². The first-order valence-electron chi connectivity index (χ1n) is 9.46. The molecule has 0 saturated carbocycles. The average molecular weight is 388 g/mol. The Hall–Kier alpha value is -3.40. The van der Waals surface area contributed by atoms with Gasteiger partial charge in [-0.1, -0.05) is 42.5 Å². The van der Waals surface area contributed by atoms with Gasteiger partial charge >= 0.3 is 11.9 Å². The molecule has 0 amide bonds.